The molecule has 6 nitrogen and oxygen atoms in total. The van der Waals surface area contributed by atoms with Crippen molar-refractivity contribution in [3.05, 3.63) is 30.3 Å². The largest absolute Gasteiger partial charge is 0.350 e. The van der Waals surface area contributed by atoms with Crippen molar-refractivity contribution in [2.45, 2.75) is 18.8 Å². The molecule has 0 saturated carbocycles. The van der Waals surface area contributed by atoms with E-state index in [1.807, 2.05) is 6.07 Å². The minimum Gasteiger partial charge on any atom is -0.350 e. The molecule has 0 bridgehead atoms. The summed E-state index contributed by atoms with van der Waals surface area (Å²) in [5, 5.41) is 4.98. The van der Waals surface area contributed by atoms with Gasteiger partial charge in [0.05, 0.1) is 19.0 Å². The van der Waals surface area contributed by atoms with Gasteiger partial charge in [-0.15, -0.1) is 0 Å². The van der Waals surface area contributed by atoms with Crippen LogP contribution in [0, 0.1) is 5.92 Å². The minimum absolute atomic E-state index is 0.207. The van der Waals surface area contributed by atoms with Gasteiger partial charge in [-0.3, -0.25) is 4.79 Å². The number of piperidine rings is 1. The van der Waals surface area contributed by atoms with Crippen molar-refractivity contribution in [3.8, 4) is 0 Å². The number of para-hydroxylation sites is 1. The standard InChI is InChI=1S/C16H22F2N4O2/c17-16(18,10-19)11-20-14(23)12-5-4-8-22(9-12)15(24)21-13-6-2-1-3-7-13/h1-3,6-7,12H,4-5,8-11,19H2,(H,20,23)(H,21,24). The van der Waals surface area contributed by atoms with Gasteiger partial charge in [0.1, 0.15) is 0 Å². The molecule has 2 rings (SSSR count). The third kappa shape index (κ3) is 5.16. The van der Waals surface area contributed by atoms with Crippen LogP contribution in [0.5, 0.6) is 0 Å². The minimum atomic E-state index is -3.12. The lowest BCUT2D eigenvalue weighted by Crippen LogP contribution is -2.49. The van der Waals surface area contributed by atoms with E-state index in [0.717, 1.165) is 0 Å². The van der Waals surface area contributed by atoms with Crippen molar-refractivity contribution in [2.24, 2.45) is 11.7 Å². The first-order valence-electron chi connectivity index (χ1n) is 7.88. The lowest BCUT2D eigenvalue weighted by atomic mass is 9.97. The molecule has 4 N–H and O–H groups in total. The number of alkyl halides is 2. The first-order valence-corrected chi connectivity index (χ1v) is 7.88. The number of hydrogen-bond acceptors (Lipinski definition) is 3. The van der Waals surface area contributed by atoms with E-state index in [1.54, 1.807) is 24.3 Å². The van der Waals surface area contributed by atoms with Gasteiger partial charge in [-0.05, 0) is 25.0 Å². The number of hydrogen-bond donors (Lipinski definition) is 3. The summed E-state index contributed by atoms with van der Waals surface area (Å²) in [7, 11) is 0. The van der Waals surface area contributed by atoms with E-state index in [9.17, 15) is 18.4 Å². The highest BCUT2D eigenvalue weighted by Crippen LogP contribution is 2.19. The molecule has 1 fully saturated rings. The summed E-state index contributed by atoms with van der Waals surface area (Å²) in [4.78, 5) is 25.8. The molecule has 0 radical (unpaired) electrons. The maximum atomic E-state index is 13.1. The van der Waals surface area contributed by atoms with Gasteiger partial charge >= 0.3 is 6.03 Å². The number of likely N-dealkylation sites (tertiary alicyclic amines) is 1. The van der Waals surface area contributed by atoms with Gasteiger partial charge < -0.3 is 21.3 Å². The van der Waals surface area contributed by atoms with E-state index >= 15 is 0 Å². The molecule has 8 heteroatoms. The molecule has 1 aromatic rings. The van der Waals surface area contributed by atoms with Crippen molar-refractivity contribution < 1.29 is 18.4 Å². The molecule has 0 aromatic heterocycles. The van der Waals surface area contributed by atoms with Crippen molar-refractivity contribution in [2.75, 3.05) is 31.5 Å². The Kier molecular flexibility index (Phi) is 6.08. The van der Waals surface area contributed by atoms with Gasteiger partial charge in [0.15, 0.2) is 0 Å². The number of rotatable bonds is 5. The normalized spacial score (nSPS) is 18.1. The summed E-state index contributed by atoms with van der Waals surface area (Å²) >= 11 is 0. The molecule has 3 amide bonds. The Morgan fingerprint density at radius 1 is 1.29 bits per heavy atom. The van der Waals surface area contributed by atoms with Crippen LogP contribution in [-0.4, -0.2) is 48.9 Å². The molecule has 1 aliphatic heterocycles. The quantitative estimate of drug-likeness (QED) is 0.761. The van der Waals surface area contributed by atoms with Crippen LogP contribution >= 0.6 is 0 Å². The van der Waals surface area contributed by atoms with E-state index in [4.69, 9.17) is 5.73 Å². The second kappa shape index (κ2) is 8.05. The average Bonchev–Trinajstić information content (AvgIpc) is 2.60. The highest BCUT2D eigenvalue weighted by atomic mass is 19.3. The third-order valence-corrected chi connectivity index (χ3v) is 3.92. The predicted octanol–water partition coefficient (Wildman–Crippen LogP) is 1.64. The lowest BCUT2D eigenvalue weighted by molar-refractivity contribution is -0.128. The van der Waals surface area contributed by atoms with Crippen molar-refractivity contribution in [1.29, 1.82) is 0 Å². The molecule has 1 atom stereocenters. The third-order valence-electron chi connectivity index (χ3n) is 3.92. The second-order valence-electron chi connectivity index (χ2n) is 5.86. The molecule has 1 saturated heterocycles. The number of halogens is 2. The van der Waals surface area contributed by atoms with Gasteiger partial charge in [0, 0.05) is 18.8 Å². The number of anilines is 1. The molecular formula is C16H22F2N4O2. The Balaban J connectivity index is 1.86. The summed E-state index contributed by atoms with van der Waals surface area (Å²) < 4.78 is 26.2. The zero-order valence-electron chi connectivity index (χ0n) is 13.3. The van der Waals surface area contributed by atoms with Gasteiger partial charge in [-0.1, -0.05) is 18.2 Å². The molecular weight excluding hydrogens is 318 g/mol. The molecule has 1 heterocycles. The van der Waals surface area contributed by atoms with Crippen molar-refractivity contribution in [3.63, 3.8) is 0 Å². The summed E-state index contributed by atoms with van der Waals surface area (Å²) in [5.74, 6) is -4.08. The number of carbonyl (C=O) groups is 2. The lowest BCUT2D eigenvalue weighted by Gasteiger charge is -2.32. The number of benzene rings is 1. The molecule has 132 valence electrons. The number of nitrogens with two attached hydrogens (primary N) is 1. The Morgan fingerprint density at radius 3 is 2.67 bits per heavy atom. The summed E-state index contributed by atoms with van der Waals surface area (Å²) in [5.41, 5.74) is 5.61. The van der Waals surface area contributed by atoms with Crippen LogP contribution < -0.4 is 16.4 Å². The van der Waals surface area contributed by atoms with Gasteiger partial charge in [0.2, 0.25) is 5.91 Å². The van der Waals surface area contributed by atoms with Crippen LogP contribution in [-0.2, 0) is 4.79 Å². The highest BCUT2D eigenvalue weighted by Gasteiger charge is 2.32. The second-order valence-corrected chi connectivity index (χ2v) is 5.86. The summed E-state index contributed by atoms with van der Waals surface area (Å²) in [6, 6.07) is 8.68. The maximum Gasteiger partial charge on any atom is 0.321 e. The van der Waals surface area contributed by atoms with Crippen molar-refractivity contribution in [1.82, 2.24) is 10.2 Å². The van der Waals surface area contributed by atoms with Crippen LogP contribution in [0.25, 0.3) is 0 Å². The van der Waals surface area contributed by atoms with E-state index in [-0.39, 0.29) is 12.6 Å². The van der Waals surface area contributed by atoms with Crippen LogP contribution in [0.15, 0.2) is 30.3 Å². The fraction of sp³-hybridized carbons (Fsp3) is 0.500. The van der Waals surface area contributed by atoms with Crippen LogP contribution in [0.2, 0.25) is 0 Å². The van der Waals surface area contributed by atoms with Gasteiger partial charge in [-0.2, -0.15) is 0 Å². The number of carbonyl (C=O) groups excluding carboxylic acids is 2. The number of nitrogens with one attached hydrogen (secondary N) is 2. The summed E-state index contributed by atoms with van der Waals surface area (Å²) in [6.07, 6.45) is 1.21. The zero-order chi connectivity index (χ0) is 17.6. The zero-order valence-corrected chi connectivity index (χ0v) is 13.3. The van der Waals surface area contributed by atoms with Gasteiger partial charge in [0.25, 0.3) is 5.92 Å². The number of nitrogens with zero attached hydrogens (tertiary/aromatic N) is 1. The predicted molar refractivity (Wildman–Crippen MR) is 86.8 cm³/mol. The van der Waals surface area contributed by atoms with Crippen molar-refractivity contribution >= 4 is 17.6 Å². The van der Waals surface area contributed by atoms with E-state index in [0.29, 0.717) is 25.1 Å². The topological polar surface area (TPSA) is 87.5 Å². The fourth-order valence-corrected chi connectivity index (χ4v) is 2.53. The maximum absolute atomic E-state index is 13.1. The van der Waals surface area contributed by atoms with Gasteiger partial charge in [-0.25, -0.2) is 13.6 Å². The molecule has 1 unspecified atom stereocenters. The number of urea groups is 1. The van der Waals surface area contributed by atoms with Crippen LogP contribution in [0.4, 0.5) is 19.3 Å². The SMILES string of the molecule is NCC(F)(F)CNC(=O)C1CCCN(C(=O)Nc2ccccc2)C1. The first-order chi connectivity index (χ1) is 11.4. The van der Waals surface area contributed by atoms with E-state index in [2.05, 4.69) is 10.6 Å². The molecule has 1 aromatic carbocycles. The first kappa shape index (κ1) is 18.1. The molecule has 0 aliphatic carbocycles. The van der Waals surface area contributed by atoms with E-state index < -0.39 is 30.8 Å². The molecule has 1 aliphatic rings. The highest BCUT2D eigenvalue weighted by molar-refractivity contribution is 5.90. The fourth-order valence-electron chi connectivity index (χ4n) is 2.53. The molecule has 0 spiro atoms. The molecule has 24 heavy (non-hydrogen) atoms. The van der Waals surface area contributed by atoms with Crippen LogP contribution in [0.1, 0.15) is 12.8 Å². The average molecular weight is 340 g/mol. The van der Waals surface area contributed by atoms with E-state index in [1.165, 1.54) is 4.90 Å². The Morgan fingerprint density at radius 2 is 2.00 bits per heavy atom. The monoisotopic (exact) mass is 340 g/mol. The Bertz CT molecular complexity index is 568. The smallest absolute Gasteiger partial charge is 0.321 e. The summed E-state index contributed by atoms with van der Waals surface area (Å²) in [6.45, 7) is -0.862. The van der Waals surface area contributed by atoms with Crippen LogP contribution in [0.3, 0.4) is 0 Å². The number of amides is 3. The Labute approximate surface area is 139 Å². The Hall–Kier alpha value is -2.22.